The molecule has 0 fully saturated rings. The SMILES string of the molecule is CC(C)(C)C1=N[C@H](C[C@@H]2COC(C(C)(C)C)=N2)CO1. The maximum absolute atomic E-state index is 5.70. The molecule has 0 saturated carbocycles. The van der Waals surface area contributed by atoms with Crippen molar-refractivity contribution in [2.24, 2.45) is 20.8 Å². The lowest BCUT2D eigenvalue weighted by Crippen LogP contribution is -2.20. The summed E-state index contributed by atoms with van der Waals surface area (Å²) in [4.78, 5) is 9.36. The molecular weight excluding hydrogens is 240 g/mol. The first kappa shape index (κ1) is 14.4. The molecule has 2 aliphatic heterocycles. The zero-order valence-electron chi connectivity index (χ0n) is 13.0. The van der Waals surface area contributed by atoms with E-state index in [0.717, 1.165) is 18.2 Å². The van der Waals surface area contributed by atoms with Crippen LogP contribution in [-0.2, 0) is 9.47 Å². The largest absolute Gasteiger partial charge is 0.478 e. The second-order valence-electron chi connectivity index (χ2n) is 7.53. The van der Waals surface area contributed by atoms with Gasteiger partial charge in [0, 0.05) is 10.8 Å². The van der Waals surface area contributed by atoms with E-state index in [-0.39, 0.29) is 22.9 Å². The van der Waals surface area contributed by atoms with Crippen molar-refractivity contribution >= 4 is 11.8 Å². The van der Waals surface area contributed by atoms with Crippen molar-refractivity contribution in [3.8, 4) is 0 Å². The molecule has 0 radical (unpaired) electrons. The van der Waals surface area contributed by atoms with Gasteiger partial charge in [0.05, 0.1) is 12.1 Å². The first-order valence-electron chi connectivity index (χ1n) is 7.08. The summed E-state index contributed by atoms with van der Waals surface area (Å²) < 4.78 is 11.4. The van der Waals surface area contributed by atoms with Gasteiger partial charge in [0.2, 0.25) is 0 Å². The predicted octanol–water partition coefficient (Wildman–Crippen LogP) is 3.06. The summed E-state index contributed by atoms with van der Waals surface area (Å²) in [7, 11) is 0. The third-order valence-corrected chi connectivity index (χ3v) is 3.25. The topological polar surface area (TPSA) is 43.2 Å². The molecule has 0 N–H and O–H groups in total. The zero-order valence-corrected chi connectivity index (χ0v) is 13.0. The minimum Gasteiger partial charge on any atom is -0.478 e. The quantitative estimate of drug-likeness (QED) is 0.771. The highest BCUT2D eigenvalue weighted by molar-refractivity contribution is 5.83. The van der Waals surface area contributed by atoms with Gasteiger partial charge in [-0.1, -0.05) is 41.5 Å². The summed E-state index contributed by atoms with van der Waals surface area (Å²) in [5, 5.41) is 0. The van der Waals surface area contributed by atoms with Crippen LogP contribution in [0.3, 0.4) is 0 Å². The van der Waals surface area contributed by atoms with E-state index in [2.05, 4.69) is 51.5 Å². The molecule has 0 aromatic rings. The van der Waals surface area contributed by atoms with Crippen LogP contribution in [0.4, 0.5) is 0 Å². The first-order chi connectivity index (χ1) is 8.66. The maximum atomic E-state index is 5.70. The van der Waals surface area contributed by atoms with Crippen molar-refractivity contribution < 1.29 is 9.47 Å². The highest BCUT2D eigenvalue weighted by atomic mass is 16.5. The van der Waals surface area contributed by atoms with E-state index in [1.54, 1.807) is 0 Å². The Bertz CT molecular complexity index is 361. The Morgan fingerprint density at radius 2 is 1.21 bits per heavy atom. The van der Waals surface area contributed by atoms with Crippen LogP contribution in [0, 0.1) is 10.8 Å². The molecule has 2 rings (SSSR count). The molecule has 0 unspecified atom stereocenters. The number of nitrogens with zero attached hydrogens (tertiary/aromatic N) is 2. The van der Waals surface area contributed by atoms with Crippen LogP contribution in [0.5, 0.6) is 0 Å². The van der Waals surface area contributed by atoms with Crippen LogP contribution in [0.2, 0.25) is 0 Å². The third kappa shape index (κ3) is 3.48. The van der Waals surface area contributed by atoms with Crippen molar-refractivity contribution in [3.63, 3.8) is 0 Å². The molecule has 4 nitrogen and oxygen atoms in total. The van der Waals surface area contributed by atoms with Gasteiger partial charge < -0.3 is 9.47 Å². The number of ether oxygens (including phenoxy) is 2. The normalized spacial score (nSPS) is 27.7. The van der Waals surface area contributed by atoms with Crippen LogP contribution in [-0.4, -0.2) is 37.1 Å². The Labute approximate surface area is 116 Å². The van der Waals surface area contributed by atoms with Gasteiger partial charge in [-0.3, -0.25) is 0 Å². The lowest BCUT2D eigenvalue weighted by atomic mass is 9.97. The van der Waals surface area contributed by atoms with E-state index in [4.69, 9.17) is 9.47 Å². The average Bonchev–Trinajstić information content (AvgIpc) is 2.84. The molecule has 0 amide bonds. The number of aliphatic imine (C=N–C) groups is 2. The zero-order chi connectivity index (χ0) is 14.3. The smallest absolute Gasteiger partial charge is 0.189 e. The van der Waals surface area contributed by atoms with Gasteiger partial charge in [0.15, 0.2) is 11.8 Å². The lowest BCUT2D eigenvalue weighted by molar-refractivity contribution is 0.254. The van der Waals surface area contributed by atoms with Crippen LogP contribution in [0.1, 0.15) is 48.0 Å². The fraction of sp³-hybridized carbons (Fsp3) is 0.867. The molecule has 4 heteroatoms. The molecule has 0 aromatic carbocycles. The van der Waals surface area contributed by atoms with Gasteiger partial charge in [-0.05, 0) is 6.42 Å². The minimum atomic E-state index is 0.000758. The molecule has 19 heavy (non-hydrogen) atoms. The summed E-state index contributed by atoms with van der Waals surface area (Å²) in [5.41, 5.74) is 0.00152. The molecule has 0 aromatic heterocycles. The van der Waals surface area contributed by atoms with Crippen LogP contribution in [0.25, 0.3) is 0 Å². The van der Waals surface area contributed by atoms with E-state index >= 15 is 0 Å². The van der Waals surface area contributed by atoms with Crippen LogP contribution in [0.15, 0.2) is 9.98 Å². The van der Waals surface area contributed by atoms with Crippen LogP contribution < -0.4 is 0 Å². The van der Waals surface area contributed by atoms with Crippen molar-refractivity contribution in [2.45, 2.75) is 60.0 Å². The van der Waals surface area contributed by atoms with Gasteiger partial charge in [0.1, 0.15) is 13.2 Å². The van der Waals surface area contributed by atoms with Gasteiger partial charge in [0.25, 0.3) is 0 Å². The van der Waals surface area contributed by atoms with Crippen molar-refractivity contribution in [3.05, 3.63) is 0 Å². The van der Waals surface area contributed by atoms with Gasteiger partial charge in [-0.15, -0.1) is 0 Å². The van der Waals surface area contributed by atoms with E-state index in [9.17, 15) is 0 Å². The Morgan fingerprint density at radius 1 is 0.842 bits per heavy atom. The molecule has 2 atom stereocenters. The highest BCUT2D eigenvalue weighted by Crippen LogP contribution is 2.27. The summed E-state index contributed by atoms with van der Waals surface area (Å²) in [5.74, 6) is 1.74. The fourth-order valence-electron chi connectivity index (χ4n) is 2.21. The summed E-state index contributed by atoms with van der Waals surface area (Å²) >= 11 is 0. The summed E-state index contributed by atoms with van der Waals surface area (Å²) in [6, 6.07) is 0.455. The second kappa shape index (κ2) is 4.80. The van der Waals surface area contributed by atoms with Gasteiger partial charge in [-0.25, -0.2) is 9.98 Å². The number of hydrogen-bond acceptors (Lipinski definition) is 4. The van der Waals surface area contributed by atoms with Crippen molar-refractivity contribution in [2.75, 3.05) is 13.2 Å². The molecule has 2 heterocycles. The monoisotopic (exact) mass is 266 g/mol. The molecular formula is C15H26N2O2. The maximum Gasteiger partial charge on any atom is 0.189 e. The Morgan fingerprint density at radius 3 is 1.47 bits per heavy atom. The summed E-state index contributed by atoms with van der Waals surface area (Å²) in [6.45, 7) is 14.1. The highest BCUT2D eigenvalue weighted by Gasteiger charge is 2.33. The molecule has 0 aliphatic carbocycles. The predicted molar refractivity (Wildman–Crippen MR) is 77.9 cm³/mol. The standard InChI is InChI=1S/C15H26N2O2/c1-14(2,3)12-16-10(8-18-12)7-11-9-19-13(17-11)15(4,5)6/h10-11H,7-9H2,1-6H3/t10-,11-/m1/s1. The third-order valence-electron chi connectivity index (χ3n) is 3.25. The van der Waals surface area contributed by atoms with E-state index < -0.39 is 0 Å². The Kier molecular flexibility index (Phi) is 3.63. The van der Waals surface area contributed by atoms with Crippen molar-refractivity contribution in [1.82, 2.24) is 0 Å². The molecule has 0 saturated heterocycles. The first-order valence-corrected chi connectivity index (χ1v) is 7.08. The number of rotatable bonds is 2. The van der Waals surface area contributed by atoms with Gasteiger partial charge >= 0.3 is 0 Å². The fourth-order valence-corrected chi connectivity index (χ4v) is 2.21. The molecule has 2 aliphatic rings. The van der Waals surface area contributed by atoms with E-state index in [0.29, 0.717) is 13.2 Å². The molecule has 108 valence electrons. The van der Waals surface area contributed by atoms with Gasteiger partial charge in [-0.2, -0.15) is 0 Å². The molecule has 0 bridgehead atoms. The van der Waals surface area contributed by atoms with Crippen molar-refractivity contribution in [1.29, 1.82) is 0 Å². The Hall–Kier alpha value is -1.06. The lowest BCUT2D eigenvalue weighted by Gasteiger charge is -2.16. The second-order valence-corrected chi connectivity index (χ2v) is 7.53. The Balaban J connectivity index is 1.94. The average molecular weight is 266 g/mol. The minimum absolute atomic E-state index is 0.000758. The molecule has 0 spiro atoms. The van der Waals surface area contributed by atoms with Crippen LogP contribution >= 0.6 is 0 Å². The van der Waals surface area contributed by atoms with E-state index in [1.165, 1.54) is 0 Å². The summed E-state index contributed by atoms with van der Waals surface area (Å²) in [6.07, 6.45) is 0.916. The number of hydrogen-bond donors (Lipinski definition) is 0. The van der Waals surface area contributed by atoms with E-state index in [1.807, 2.05) is 0 Å².